The van der Waals surface area contributed by atoms with Crippen LogP contribution in [0.5, 0.6) is 5.75 Å². The molecule has 0 radical (unpaired) electrons. The summed E-state index contributed by atoms with van der Waals surface area (Å²) in [5, 5.41) is 5.08. The van der Waals surface area contributed by atoms with Crippen molar-refractivity contribution in [3.63, 3.8) is 0 Å². The molecule has 0 aliphatic carbocycles. The van der Waals surface area contributed by atoms with Crippen LogP contribution in [0.3, 0.4) is 0 Å². The number of thioether (sulfide) groups is 1. The van der Waals surface area contributed by atoms with Gasteiger partial charge < -0.3 is 15.0 Å². The Morgan fingerprint density at radius 3 is 2.52 bits per heavy atom. The number of hydrogen-bond acceptors (Lipinski definition) is 7. The van der Waals surface area contributed by atoms with Crippen LogP contribution in [0.4, 0.5) is 11.4 Å². The molecular weight excluding hydrogens is 618 g/mol. The number of hydrogen-bond donors (Lipinski definition) is 2. The molecule has 1 aromatic heterocycles. The van der Waals surface area contributed by atoms with Gasteiger partial charge in [-0.15, -0.1) is 0 Å². The molecular formula is C33H24ClN3O5S2. The number of halogens is 1. The number of amides is 3. The summed E-state index contributed by atoms with van der Waals surface area (Å²) in [6, 6.07) is 25.7. The second kappa shape index (κ2) is 11.3. The monoisotopic (exact) mass is 641 g/mol. The first-order valence-electron chi connectivity index (χ1n) is 13.8. The molecule has 11 heteroatoms. The first-order valence-corrected chi connectivity index (χ1v) is 15.9. The van der Waals surface area contributed by atoms with Crippen molar-refractivity contribution in [2.24, 2.45) is 5.92 Å². The summed E-state index contributed by atoms with van der Waals surface area (Å²) in [5.74, 6) is -2.28. The van der Waals surface area contributed by atoms with E-state index in [2.05, 4.69) is 10.3 Å². The SMILES string of the molecule is Cc1ccc(N2C(=O)[C@H]3[C@H](c4cc(Cl)ccc4OCC(=O)Nc4ccc5ccccc5c4)c4sc(=O)[nH]c4S[C@H]3C2=O)cc1. The number of fused-ring (bicyclic) bond motifs is 3. The quantitative estimate of drug-likeness (QED) is 0.209. The highest BCUT2D eigenvalue weighted by Crippen LogP contribution is 2.54. The Hall–Kier alpha value is -4.38. The minimum Gasteiger partial charge on any atom is -0.483 e. The number of benzene rings is 4. The predicted octanol–water partition coefficient (Wildman–Crippen LogP) is 6.36. The van der Waals surface area contributed by atoms with Crippen LogP contribution in [0.1, 0.15) is 21.9 Å². The maximum Gasteiger partial charge on any atom is 0.305 e. The Balaban J connectivity index is 1.21. The van der Waals surface area contributed by atoms with Crippen LogP contribution in [0, 0.1) is 12.8 Å². The van der Waals surface area contributed by atoms with E-state index in [9.17, 15) is 19.2 Å². The lowest BCUT2D eigenvalue weighted by atomic mass is 9.82. The molecule has 7 rings (SSSR count). The highest BCUT2D eigenvalue weighted by atomic mass is 35.5. The molecule has 4 aromatic carbocycles. The fraction of sp³-hybridized carbons (Fsp3) is 0.152. The summed E-state index contributed by atoms with van der Waals surface area (Å²) in [6.45, 7) is 1.62. The lowest BCUT2D eigenvalue weighted by Crippen LogP contribution is -2.32. The van der Waals surface area contributed by atoms with Crippen molar-refractivity contribution in [3.8, 4) is 5.75 Å². The van der Waals surface area contributed by atoms with Gasteiger partial charge in [-0.05, 0) is 60.2 Å². The van der Waals surface area contributed by atoms with Gasteiger partial charge in [-0.25, -0.2) is 4.90 Å². The fourth-order valence-corrected chi connectivity index (χ4v) is 8.49. The van der Waals surface area contributed by atoms with Crippen LogP contribution in [0.2, 0.25) is 5.02 Å². The smallest absolute Gasteiger partial charge is 0.305 e. The topological polar surface area (TPSA) is 109 Å². The predicted molar refractivity (Wildman–Crippen MR) is 173 cm³/mol. The van der Waals surface area contributed by atoms with E-state index < -0.39 is 17.1 Å². The zero-order chi connectivity index (χ0) is 30.5. The Morgan fingerprint density at radius 1 is 0.955 bits per heavy atom. The molecule has 0 unspecified atom stereocenters. The van der Waals surface area contributed by atoms with E-state index in [1.54, 1.807) is 30.3 Å². The minimum absolute atomic E-state index is 0.290. The Labute approximate surface area is 265 Å². The van der Waals surface area contributed by atoms with E-state index in [0.29, 0.717) is 37.6 Å². The van der Waals surface area contributed by atoms with E-state index in [0.717, 1.165) is 27.7 Å². The molecule has 8 nitrogen and oxygen atoms in total. The number of aromatic amines is 1. The molecule has 2 aliphatic heterocycles. The zero-order valence-electron chi connectivity index (χ0n) is 23.2. The third-order valence-corrected chi connectivity index (χ3v) is 10.5. The number of nitrogens with zero attached hydrogens (tertiary/aromatic N) is 1. The van der Waals surface area contributed by atoms with Crippen molar-refractivity contribution < 1.29 is 19.1 Å². The van der Waals surface area contributed by atoms with Crippen molar-refractivity contribution >= 4 is 74.6 Å². The molecule has 220 valence electrons. The number of anilines is 2. The van der Waals surface area contributed by atoms with Gasteiger partial charge in [0, 0.05) is 27.1 Å². The molecule has 5 aromatic rings. The highest BCUT2D eigenvalue weighted by Gasteiger charge is 2.56. The van der Waals surface area contributed by atoms with Gasteiger partial charge in [-0.2, -0.15) is 0 Å². The van der Waals surface area contributed by atoms with E-state index in [-0.39, 0.29) is 29.2 Å². The number of imide groups is 1. The fourth-order valence-electron chi connectivity index (χ4n) is 5.80. The van der Waals surface area contributed by atoms with Crippen molar-refractivity contribution in [1.29, 1.82) is 0 Å². The standard InChI is InChI=1S/C33H24ClN3O5S2/c1-17-6-11-22(12-7-17)37-31(39)27-26(28-30(36-33(41)44-28)43-29(27)32(37)40)23-15-20(34)9-13-24(23)42-16-25(38)35-21-10-8-18-4-2-3-5-19(18)14-21/h2-15,26-27,29H,16H2,1H3,(H,35,38)(H,36,41)/t26-,27-,29+/m0/s1. The normalized spacial score (nSPS) is 19.1. The van der Waals surface area contributed by atoms with Gasteiger partial charge in [0.05, 0.1) is 16.6 Å². The second-order valence-electron chi connectivity index (χ2n) is 10.7. The maximum absolute atomic E-state index is 14.1. The lowest BCUT2D eigenvalue weighted by molar-refractivity contribution is -0.122. The number of thiazole rings is 1. The number of rotatable bonds is 6. The molecule has 44 heavy (non-hydrogen) atoms. The summed E-state index contributed by atoms with van der Waals surface area (Å²) in [7, 11) is 0. The number of aryl methyl sites for hydroxylation is 1. The molecule has 3 amide bonds. The average molecular weight is 642 g/mol. The van der Waals surface area contributed by atoms with Gasteiger partial charge >= 0.3 is 4.87 Å². The Kier molecular flexibility index (Phi) is 7.28. The molecule has 1 saturated heterocycles. The number of carbonyl (C=O) groups excluding carboxylic acids is 3. The minimum atomic E-state index is -0.819. The number of H-pyrrole nitrogens is 1. The van der Waals surface area contributed by atoms with Crippen molar-refractivity contribution in [2.45, 2.75) is 23.1 Å². The molecule has 1 fully saturated rings. The van der Waals surface area contributed by atoms with Crippen LogP contribution in [0.25, 0.3) is 10.8 Å². The number of ether oxygens (including phenoxy) is 1. The largest absolute Gasteiger partial charge is 0.483 e. The van der Waals surface area contributed by atoms with Crippen LogP contribution < -0.4 is 19.8 Å². The zero-order valence-corrected chi connectivity index (χ0v) is 25.6. The number of aromatic nitrogens is 1. The maximum atomic E-state index is 14.1. The van der Waals surface area contributed by atoms with Gasteiger partial charge in [0.2, 0.25) is 11.8 Å². The molecule has 2 N–H and O–H groups in total. The first-order chi connectivity index (χ1) is 21.3. The lowest BCUT2D eigenvalue weighted by Gasteiger charge is -2.31. The first kappa shape index (κ1) is 28.4. The van der Waals surface area contributed by atoms with Crippen LogP contribution in [-0.4, -0.2) is 34.6 Å². The van der Waals surface area contributed by atoms with Gasteiger partial charge in [0.1, 0.15) is 11.0 Å². The summed E-state index contributed by atoms with van der Waals surface area (Å²) >= 11 is 8.65. The molecule has 3 heterocycles. The summed E-state index contributed by atoms with van der Waals surface area (Å²) in [4.78, 5) is 57.7. The number of carbonyl (C=O) groups is 3. The van der Waals surface area contributed by atoms with E-state index >= 15 is 0 Å². The Morgan fingerprint density at radius 2 is 1.73 bits per heavy atom. The van der Waals surface area contributed by atoms with E-state index in [1.807, 2.05) is 61.5 Å². The van der Waals surface area contributed by atoms with Crippen molar-refractivity contribution in [3.05, 3.63) is 116 Å². The van der Waals surface area contributed by atoms with Crippen LogP contribution >= 0.6 is 34.7 Å². The van der Waals surface area contributed by atoms with Crippen molar-refractivity contribution in [2.75, 3.05) is 16.8 Å². The summed E-state index contributed by atoms with van der Waals surface area (Å²) in [6.07, 6.45) is 0. The van der Waals surface area contributed by atoms with Crippen molar-refractivity contribution in [1.82, 2.24) is 4.98 Å². The summed E-state index contributed by atoms with van der Waals surface area (Å²) < 4.78 is 6.05. The third-order valence-electron chi connectivity index (χ3n) is 7.81. The van der Waals surface area contributed by atoms with Gasteiger partial charge in [-0.1, -0.05) is 82.7 Å². The molecule has 0 spiro atoms. The molecule has 0 saturated carbocycles. The highest BCUT2D eigenvalue weighted by molar-refractivity contribution is 8.00. The molecule has 2 aliphatic rings. The second-order valence-corrected chi connectivity index (χ2v) is 13.3. The third kappa shape index (κ3) is 5.08. The van der Waals surface area contributed by atoms with Crippen LogP contribution in [0.15, 0.2) is 94.7 Å². The van der Waals surface area contributed by atoms with Gasteiger partial charge in [0.15, 0.2) is 6.61 Å². The van der Waals surface area contributed by atoms with Gasteiger partial charge in [-0.3, -0.25) is 19.2 Å². The molecule has 0 bridgehead atoms. The number of nitrogens with one attached hydrogen (secondary N) is 2. The van der Waals surface area contributed by atoms with Crippen LogP contribution in [-0.2, 0) is 14.4 Å². The van der Waals surface area contributed by atoms with Gasteiger partial charge in [0.25, 0.3) is 5.91 Å². The van der Waals surface area contributed by atoms with E-state index in [1.165, 1.54) is 16.7 Å². The summed E-state index contributed by atoms with van der Waals surface area (Å²) in [5.41, 5.74) is 2.65. The van der Waals surface area contributed by atoms with E-state index in [4.69, 9.17) is 16.3 Å². The Bertz CT molecular complexity index is 2020. The average Bonchev–Trinajstić information content (AvgIpc) is 3.51. The molecule has 3 atom stereocenters.